The number of nitrogens with one attached hydrogen (secondary N) is 1. The normalized spacial score (nSPS) is 15.8. The molecule has 0 fully saturated rings. The summed E-state index contributed by atoms with van der Waals surface area (Å²) in [5.41, 5.74) is 0.575. The van der Waals surface area contributed by atoms with Crippen LogP contribution in [0.2, 0.25) is 0 Å². The molecule has 1 amide bonds. The SMILES string of the molecule is O=C(NCC1Cc2cccc(-c3ccccc3C(F)(F)F)c2O1)c1ccco1. The Hall–Kier alpha value is -3.22. The van der Waals surface area contributed by atoms with Crippen LogP contribution in [0.1, 0.15) is 21.7 Å². The quantitative estimate of drug-likeness (QED) is 0.706. The molecule has 0 bridgehead atoms. The summed E-state index contributed by atoms with van der Waals surface area (Å²) in [4.78, 5) is 12.0. The molecule has 4 rings (SSSR count). The van der Waals surface area contributed by atoms with Crippen molar-refractivity contribution in [1.82, 2.24) is 5.32 Å². The molecule has 2 aromatic carbocycles. The molecule has 1 aliphatic rings. The third kappa shape index (κ3) is 3.47. The predicted octanol–water partition coefficient (Wildman–Crippen LogP) is 4.70. The van der Waals surface area contributed by atoms with Crippen molar-refractivity contribution < 1.29 is 27.1 Å². The van der Waals surface area contributed by atoms with E-state index in [1.165, 1.54) is 18.4 Å². The number of rotatable bonds is 4. The maximum absolute atomic E-state index is 13.4. The van der Waals surface area contributed by atoms with E-state index in [2.05, 4.69) is 5.32 Å². The average molecular weight is 387 g/mol. The van der Waals surface area contributed by atoms with Crippen LogP contribution in [0.15, 0.2) is 65.3 Å². The lowest BCUT2D eigenvalue weighted by Gasteiger charge is -2.16. The van der Waals surface area contributed by atoms with Crippen molar-refractivity contribution >= 4 is 5.91 Å². The molecule has 0 spiro atoms. The van der Waals surface area contributed by atoms with Crippen molar-refractivity contribution in [3.8, 4) is 16.9 Å². The summed E-state index contributed by atoms with van der Waals surface area (Å²) in [6.45, 7) is 0.217. The van der Waals surface area contributed by atoms with Crippen LogP contribution < -0.4 is 10.1 Å². The summed E-state index contributed by atoms with van der Waals surface area (Å²) >= 11 is 0. The van der Waals surface area contributed by atoms with Crippen LogP contribution in [0.4, 0.5) is 13.2 Å². The Labute approximate surface area is 158 Å². The maximum atomic E-state index is 13.4. The van der Waals surface area contributed by atoms with Gasteiger partial charge in [0.15, 0.2) is 5.76 Å². The minimum absolute atomic E-state index is 0.0760. The van der Waals surface area contributed by atoms with Crippen molar-refractivity contribution in [3.63, 3.8) is 0 Å². The number of hydrogen-bond acceptors (Lipinski definition) is 3. The van der Waals surface area contributed by atoms with Crippen LogP contribution in [0.25, 0.3) is 11.1 Å². The molecule has 3 aromatic rings. The summed E-state index contributed by atoms with van der Waals surface area (Å²) in [7, 11) is 0. The molecular formula is C21H16F3NO3. The number of furan rings is 1. The smallest absolute Gasteiger partial charge is 0.417 e. The number of hydrogen-bond donors (Lipinski definition) is 1. The fraction of sp³-hybridized carbons (Fsp3) is 0.190. The zero-order chi connectivity index (χ0) is 19.7. The highest BCUT2D eigenvalue weighted by molar-refractivity contribution is 5.91. The number of amides is 1. The van der Waals surface area contributed by atoms with Gasteiger partial charge in [-0.15, -0.1) is 0 Å². The Balaban J connectivity index is 1.56. The first-order valence-electron chi connectivity index (χ1n) is 8.70. The van der Waals surface area contributed by atoms with Crippen LogP contribution >= 0.6 is 0 Å². The van der Waals surface area contributed by atoms with E-state index in [0.717, 1.165) is 11.6 Å². The lowest BCUT2D eigenvalue weighted by atomic mass is 9.96. The molecule has 2 heterocycles. The Morgan fingerprint density at radius 1 is 1.04 bits per heavy atom. The van der Waals surface area contributed by atoms with Gasteiger partial charge in [0.05, 0.1) is 18.4 Å². The van der Waals surface area contributed by atoms with Gasteiger partial charge in [0.25, 0.3) is 5.91 Å². The molecule has 0 aliphatic carbocycles. The summed E-state index contributed by atoms with van der Waals surface area (Å²) in [5.74, 6) is 0.249. The lowest BCUT2D eigenvalue weighted by Crippen LogP contribution is -2.34. The monoisotopic (exact) mass is 387 g/mol. The lowest BCUT2D eigenvalue weighted by molar-refractivity contribution is -0.137. The van der Waals surface area contributed by atoms with E-state index in [1.54, 1.807) is 30.3 Å². The van der Waals surface area contributed by atoms with E-state index >= 15 is 0 Å². The number of carbonyl (C=O) groups is 1. The zero-order valence-electron chi connectivity index (χ0n) is 14.6. The van der Waals surface area contributed by atoms with Gasteiger partial charge < -0.3 is 14.5 Å². The standard InChI is InChI=1S/C21H16F3NO3/c22-21(23,24)17-8-2-1-6-15(17)16-7-3-5-13-11-14(28-19(13)16)12-25-20(26)18-9-4-10-27-18/h1-10,14H,11-12H2,(H,25,26). The van der Waals surface area contributed by atoms with E-state index < -0.39 is 11.7 Å². The van der Waals surface area contributed by atoms with Gasteiger partial charge in [-0.05, 0) is 29.3 Å². The topological polar surface area (TPSA) is 51.5 Å². The number of fused-ring (bicyclic) bond motifs is 1. The first kappa shape index (κ1) is 18.2. The van der Waals surface area contributed by atoms with Crippen LogP contribution in [-0.4, -0.2) is 18.6 Å². The number of alkyl halides is 3. The Kier molecular flexibility index (Phi) is 4.58. The van der Waals surface area contributed by atoms with Crippen molar-refractivity contribution in [3.05, 3.63) is 77.7 Å². The molecule has 1 atom stereocenters. The molecule has 1 unspecified atom stereocenters. The fourth-order valence-corrected chi connectivity index (χ4v) is 3.33. The van der Waals surface area contributed by atoms with E-state index in [0.29, 0.717) is 17.7 Å². The first-order valence-corrected chi connectivity index (χ1v) is 8.70. The van der Waals surface area contributed by atoms with Crippen molar-refractivity contribution in [1.29, 1.82) is 0 Å². The number of para-hydroxylation sites is 1. The molecule has 1 aliphatic heterocycles. The number of carbonyl (C=O) groups excluding carboxylic acids is 1. The molecule has 28 heavy (non-hydrogen) atoms. The largest absolute Gasteiger partial charge is 0.487 e. The highest BCUT2D eigenvalue weighted by Gasteiger charge is 2.35. The molecule has 4 nitrogen and oxygen atoms in total. The minimum atomic E-state index is -4.46. The maximum Gasteiger partial charge on any atom is 0.417 e. The van der Waals surface area contributed by atoms with Gasteiger partial charge >= 0.3 is 6.18 Å². The Morgan fingerprint density at radius 2 is 1.82 bits per heavy atom. The molecule has 0 radical (unpaired) electrons. The van der Waals surface area contributed by atoms with Crippen LogP contribution in [0.5, 0.6) is 5.75 Å². The number of benzene rings is 2. The van der Waals surface area contributed by atoms with Crippen LogP contribution in [-0.2, 0) is 12.6 Å². The summed E-state index contributed by atoms with van der Waals surface area (Å²) in [6.07, 6.45) is -2.93. The fourth-order valence-electron chi connectivity index (χ4n) is 3.33. The number of ether oxygens (including phenoxy) is 1. The Morgan fingerprint density at radius 3 is 2.57 bits per heavy atom. The molecule has 0 saturated carbocycles. The number of halogens is 3. The third-order valence-corrected chi connectivity index (χ3v) is 4.59. The second-order valence-corrected chi connectivity index (χ2v) is 6.47. The molecule has 1 aromatic heterocycles. The molecule has 7 heteroatoms. The minimum Gasteiger partial charge on any atom is -0.487 e. The van der Waals surface area contributed by atoms with Gasteiger partial charge in [-0.3, -0.25) is 4.79 Å². The molecular weight excluding hydrogens is 371 g/mol. The Bertz CT molecular complexity index is 996. The van der Waals surface area contributed by atoms with E-state index in [4.69, 9.17) is 9.15 Å². The van der Waals surface area contributed by atoms with E-state index in [-0.39, 0.29) is 29.9 Å². The summed E-state index contributed by atoms with van der Waals surface area (Å²) < 4.78 is 51.2. The van der Waals surface area contributed by atoms with Gasteiger partial charge in [-0.2, -0.15) is 13.2 Å². The predicted molar refractivity (Wildman–Crippen MR) is 96.0 cm³/mol. The zero-order valence-corrected chi connectivity index (χ0v) is 14.6. The molecule has 0 saturated heterocycles. The van der Waals surface area contributed by atoms with Crippen molar-refractivity contribution in [2.45, 2.75) is 18.7 Å². The first-order chi connectivity index (χ1) is 13.4. The van der Waals surface area contributed by atoms with Crippen molar-refractivity contribution in [2.24, 2.45) is 0 Å². The van der Waals surface area contributed by atoms with Crippen LogP contribution in [0.3, 0.4) is 0 Å². The van der Waals surface area contributed by atoms with Gasteiger partial charge in [0, 0.05) is 12.0 Å². The van der Waals surface area contributed by atoms with Gasteiger partial charge in [-0.25, -0.2) is 0 Å². The van der Waals surface area contributed by atoms with E-state index in [9.17, 15) is 18.0 Å². The van der Waals surface area contributed by atoms with Gasteiger partial charge in [0.2, 0.25) is 0 Å². The second kappa shape index (κ2) is 7.07. The highest BCUT2D eigenvalue weighted by atomic mass is 19.4. The third-order valence-electron chi connectivity index (χ3n) is 4.59. The second-order valence-electron chi connectivity index (χ2n) is 6.47. The van der Waals surface area contributed by atoms with Crippen LogP contribution in [0, 0.1) is 0 Å². The highest BCUT2D eigenvalue weighted by Crippen LogP contribution is 2.43. The summed E-state index contributed by atoms with van der Waals surface area (Å²) in [5, 5.41) is 2.72. The van der Waals surface area contributed by atoms with Crippen molar-refractivity contribution in [2.75, 3.05) is 6.54 Å². The average Bonchev–Trinajstić information content (AvgIpc) is 3.34. The summed E-state index contributed by atoms with van der Waals surface area (Å²) in [6, 6.07) is 13.7. The molecule has 1 N–H and O–H groups in total. The van der Waals surface area contributed by atoms with Gasteiger partial charge in [-0.1, -0.05) is 36.4 Å². The van der Waals surface area contributed by atoms with Gasteiger partial charge in [0.1, 0.15) is 11.9 Å². The molecule has 144 valence electrons. The van der Waals surface area contributed by atoms with E-state index in [1.807, 2.05) is 6.07 Å².